The van der Waals surface area contributed by atoms with Crippen molar-refractivity contribution in [1.29, 1.82) is 0 Å². The van der Waals surface area contributed by atoms with Crippen molar-refractivity contribution in [2.24, 2.45) is 0 Å². The molecule has 0 spiro atoms. The number of H-pyrrole nitrogens is 1. The summed E-state index contributed by atoms with van der Waals surface area (Å²) >= 11 is 3.07. The molecule has 0 aliphatic carbocycles. The van der Waals surface area contributed by atoms with Gasteiger partial charge in [-0.15, -0.1) is 0 Å². The van der Waals surface area contributed by atoms with Gasteiger partial charge in [-0.05, 0) is 31.8 Å². The van der Waals surface area contributed by atoms with E-state index in [2.05, 4.69) is 20.9 Å². The van der Waals surface area contributed by atoms with E-state index in [-0.39, 0.29) is 18.6 Å². The number of nitrogens with one attached hydrogen (secondary N) is 1. The standard InChI is InChI=1S/C16H21BrN2O7/c1-16(2,3)26-15(23)24-8-11-10(20)6-12(25-11)19-7-9(4-5-17)13(21)18-14(19)22/h4-5,7,10-12,20H,6,8H2,1-3H3,(H,18,21,22)/t10-,11+,12+/m0/s1. The number of rotatable bonds is 4. The van der Waals surface area contributed by atoms with E-state index >= 15 is 0 Å². The van der Waals surface area contributed by atoms with Gasteiger partial charge in [0.05, 0.1) is 11.7 Å². The van der Waals surface area contributed by atoms with Crippen LogP contribution in [0.2, 0.25) is 0 Å². The van der Waals surface area contributed by atoms with E-state index in [1.54, 1.807) is 20.8 Å². The smallest absolute Gasteiger partial charge is 0.431 e. The molecular formula is C16H21BrN2O7. The van der Waals surface area contributed by atoms with E-state index in [0.717, 1.165) is 0 Å². The second kappa shape index (κ2) is 8.19. The first kappa shape index (κ1) is 20.4. The van der Waals surface area contributed by atoms with Crippen LogP contribution in [0.3, 0.4) is 0 Å². The van der Waals surface area contributed by atoms with Gasteiger partial charge >= 0.3 is 11.8 Å². The summed E-state index contributed by atoms with van der Waals surface area (Å²) in [4.78, 5) is 39.0. The number of aliphatic hydroxyl groups excluding tert-OH is 1. The molecule has 2 heterocycles. The molecule has 1 aromatic rings. The number of halogens is 1. The summed E-state index contributed by atoms with van der Waals surface area (Å²) < 4.78 is 16.8. The van der Waals surface area contributed by atoms with Crippen molar-refractivity contribution in [1.82, 2.24) is 9.55 Å². The van der Waals surface area contributed by atoms with E-state index < -0.39 is 41.4 Å². The Morgan fingerprint density at radius 1 is 1.50 bits per heavy atom. The third-order valence-electron chi connectivity index (χ3n) is 3.51. The molecule has 0 aromatic carbocycles. The van der Waals surface area contributed by atoms with Crippen LogP contribution in [0.25, 0.3) is 6.08 Å². The van der Waals surface area contributed by atoms with E-state index in [0.29, 0.717) is 0 Å². The Hall–Kier alpha value is -1.91. The molecule has 0 amide bonds. The first-order chi connectivity index (χ1) is 12.1. The van der Waals surface area contributed by atoms with Gasteiger partial charge in [-0.2, -0.15) is 0 Å². The van der Waals surface area contributed by atoms with Gasteiger partial charge in [0, 0.05) is 12.6 Å². The van der Waals surface area contributed by atoms with Crippen LogP contribution in [0.15, 0.2) is 20.8 Å². The van der Waals surface area contributed by atoms with Gasteiger partial charge in [-0.25, -0.2) is 9.59 Å². The van der Waals surface area contributed by atoms with Crippen molar-refractivity contribution in [3.8, 4) is 0 Å². The van der Waals surface area contributed by atoms with E-state index in [4.69, 9.17) is 14.2 Å². The molecule has 10 heteroatoms. The molecule has 1 fully saturated rings. The Morgan fingerprint density at radius 3 is 2.81 bits per heavy atom. The molecule has 26 heavy (non-hydrogen) atoms. The second-order valence-electron chi connectivity index (χ2n) is 6.75. The number of nitrogens with zero attached hydrogens (tertiary/aromatic N) is 1. The maximum absolute atomic E-state index is 12.0. The predicted molar refractivity (Wildman–Crippen MR) is 96.0 cm³/mol. The lowest BCUT2D eigenvalue weighted by Crippen LogP contribution is -2.34. The van der Waals surface area contributed by atoms with Gasteiger partial charge in [-0.3, -0.25) is 14.3 Å². The lowest BCUT2D eigenvalue weighted by Gasteiger charge is -2.20. The molecule has 2 N–H and O–H groups in total. The van der Waals surface area contributed by atoms with Crippen LogP contribution in [-0.4, -0.2) is 45.2 Å². The van der Waals surface area contributed by atoms with Crippen LogP contribution in [0.1, 0.15) is 39.0 Å². The van der Waals surface area contributed by atoms with E-state index in [1.165, 1.54) is 21.8 Å². The highest BCUT2D eigenvalue weighted by Gasteiger charge is 2.36. The average Bonchev–Trinajstić information content (AvgIpc) is 2.87. The van der Waals surface area contributed by atoms with Crippen molar-refractivity contribution in [3.05, 3.63) is 37.6 Å². The first-order valence-corrected chi connectivity index (χ1v) is 8.84. The molecule has 0 radical (unpaired) electrons. The number of hydrogen-bond acceptors (Lipinski definition) is 7. The predicted octanol–water partition coefficient (Wildman–Crippen LogP) is 1.50. The van der Waals surface area contributed by atoms with E-state index in [9.17, 15) is 19.5 Å². The fourth-order valence-corrected chi connectivity index (χ4v) is 2.65. The van der Waals surface area contributed by atoms with Crippen LogP contribution in [-0.2, 0) is 14.2 Å². The summed E-state index contributed by atoms with van der Waals surface area (Å²) in [6, 6.07) is 0. The zero-order valence-electron chi connectivity index (χ0n) is 14.6. The summed E-state index contributed by atoms with van der Waals surface area (Å²) in [5.41, 5.74) is -1.65. The molecule has 9 nitrogen and oxygen atoms in total. The van der Waals surface area contributed by atoms with Gasteiger partial charge in [0.2, 0.25) is 0 Å². The number of carbonyl (C=O) groups excluding carboxylic acids is 1. The first-order valence-electron chi connectivity index (χ1n) is 7.92. The van der Waals surface area contributed by atoms with Gasteiger partial charge in [-0.1, -0.05) is 15.9 Å². The van der Waals surface area contributed by atoms with Crippen molar-refractivity contribution in [3.63, 3.8) is 0 Å². The molecule has 144 valence electrons. The number of carbonyl (C=O) groups is 1. The molecule has 1 aliphatic heterocycles. The topological polar surface area (TPSA) is 120 Å². The fourth-order valence-electron chi connectivity index (χ4n) is 2.37. The highest BCUT2D eigenvalue weighted by atomic mass is 79.9. The maximum atomic E-state index is 12.0. The molecule has 1 aromatic heterocycles. The SMILES string of the molecule is CC(C)(C)OC(=O)OC[C@H]1O[C@@H](n2cc(C=CBr)c(=O)[nH]c2=O)C[C@@H]1O. The Kier molecular flexibility index (Phi) is 6.43. The summed E-state index contributed by atoms with van der Waals surface area (Å²) in [6.07, 6.45) is -0.521. The number of aromatic nitrogens is 2. The van der Waals surface area contributed by atoms with Crippen LogP contribution in [0, 0.1) is 0 Å². The largest absolute Gasteiger partial charge is 0.508 e. The van der Waals surface area contributed by atoms with Crippen LogP contribution in [0.4, 0.5) is 4.79 Å². The Morgan fingerprint density at radius 2 is 2.19 bits per heavy atom. The third-order valence-corrected chi connectivity index (χ3v) is 3.77. The minimum atomic E-state index is -0.948. The molecule has 0 unspecified atom stereocenters. The van der Waals surface area contributed by atoms with Crippen LogP contribution < -0.4 is 11.2 Å². The van der Waals surface area contributed by atoms with Crippen LogP contribution in [0.5, 0.6) is 0 Å². The van der Waals surface area contributed by atoms with Crippen LogP contribution >= 0.6 is 15.9 Å². The number of hydrogen-bond donors (Lipinski definition) is 2. The highest BCUT2D eigenvalue weighted by molar-refractivity contribution is 9.11. The molecule has 1 saturated heterocycles. The Bertz CT molecular complexity index is 793. The van der Waals surface area contributed by atoms with Crippen molar-refractivity contribution < 1.29 is 24.1 Å². The maximum Gasteiger partial charge on any atom is 0.508 e. The molecule has 2 rings (SSSR count). The molecule has 0 saturated carbocycles. The summed E-state index contributed by atoms with van der Waals surface area (Å²) in [5, 5.41) is 10.1. The van der Waals surface area contributed by atoms with Gasteiger partial charge < -0.3 is 19.3 Å². The summed E-state index contributed by atoms with van der Waals surface area (Å²) in [5.74, 6) is 0. The highest BCUT2D eigenvalue weighted by Crippen LogP contribution is 2.28. The minimum Gasteiger partial charge on any atom is -0.431 e. The van der Waals surface area contributed by atoms with Gasteiger partial charge in [0.15, 0.2) is 0 Å². The molecule has 0 bridgehead atoms. The molecular weight excluding hydrogens is 412 g/mol. The lowest BCUT2D eigenvalue weighted by molar-refractivity contribution is -0.0694. The monoisotopic (exact) mass is 432 g/mol. The Balaban J connectivity index is 2.07. The van der Waals surface area contributed by atoms with Crippen molar-refractivity contribution in [2.75, 3.05) is 6.61 Å². The number of aliphatic hydroxyl groups is 1. The number of aromatic amines is 1. The molecule has 1 aliphatic rings. The minimum absolute atomic E-state index is 0.103. The van der Waals surface area contributed by atoms with Gasteiger partial charge in [0.25, 0.3) is 5.56 Å². The van der Waals surface area contributed by atoms with Gasteiger partial charge in [0.1, 0.15) is 24.5 Å². The summed E-state index contributed by atoms with van der Waals surface area (Å²) in [7, 11) is 0. The zero-order chi connectivity index (χ0) is 19.5. The Labute approximate surface area is 157 Å². The zero-order valence-corrected chi connectivity index (χ0v) is 16.2. The van der Waals surface area contributed by atoms with Crippen molar-refractivity contribution >= 4 is 28.2 Å². The average molecular weight is 433 g/mol. The summed E-state index contributed by atoms with van der Waals surface area (Å²) in [6.45, 7) is 4.88. The molecule has 3 atom stereocenters. The number of ether oxygens (including phenoxy) is 3. The van der Waals surface area contributed by atoms with Crippen molar-refractivity contribution in [2.45, 2.75) is 51.2 Å². The third kappa shape index (κ3) is 5.29. The quantitative estimate of drug-likeness (QED) is 0.691. The lowest BCUT2D eigenvalue weighted by atomic mass is 10.2. The second-order valence-corrected chi connectivity index (χ2v) is 7.28. The normalized spacial score (nSPS) is 23.3. The van der Waals surface area contributed by atoms with E-state index in [1.807, 2.05) is 0 Å². The fraction of sp³-hybridized carbons (Fsp3) is 0.562.